The van der Waals surface area contributed by atoms with Gasteiger partial charge in [0.2, 0.25) is 0 Å². The monoisotopic (exact) mass is 266 g/mol. The van der Waals surface area contributed by atoms with Crippen molar-refractivity contribution in [2.75, 3.05) is 5.43 Å². The Hall–Kier alpha value is -2.38. The van der Waals surface area contributed by atoms with Crippen molar-refractivity contribution < 1.29 is 0 Å². The SMILES string of the molecule is CC(C)Cc1ccc(-c2ccc(C#N)c(NN)n2)cc1. The standard InChI is InChI=1S/C16H18N4/c1-11(2)9-12-3-5-13(6-4-12)15-8-7-14(10-17)16(19-15)20-18/h3-8,11H,9,18H2,1-2H3,(H,19,20). The molecular weight excluding hydrogens is 248 g/mol. The first-order valence-corrected chi connectivity index (χ1v) is 6.61. The first-order chi connectivity index (χ1) is 9.63. The Morgan fingerprint density at radius 3 is 2.45 bits per heavy atom. The van der Waals surface area contributed by atoms with Crippen molar-refractivity contribution in [3.63, 3.8) is 0 Å². The van der Waals surface area contributed by atoms with E-state index in [1.807, 2.05) is 18.2 Å². The summed E-state index contributed by atoms with van der Waals surface area (Å²) in [4.78, 5) is 4.36. The summed E-state index contributed by atoms with van der Waals surface area (Å²) in [6.07, 6.45) is 1.07. The first-order valence-electron chi connectivity index (χ1n) is 6.61. The minimum atomic E-state index is 0.399. The summed E-state index contributed by atoms with van der Waals surface area (Å²) in [6.45, 7) is 4.41. The molecule has 0 unspecified atom stereocenters. The van der Waals surface area contributed by atoms with Crippen molar-refractivity contribution >= 4 is 5.82 Å². The molecule has 0 aliphatic rings. The molecule has 1 heterocycles. The average molecular weight is 266 g/mol. The van der Waals surface area contributed by atoms with Gasteiger partial charge in [-0.25, -0.2) is 10.8 Å². The maximum absolute atomic E-state index is 8.95. The number of nitriles is 1. The summed E-state index contributed by atoms with van der Waals surface area (Å²) >= 11 is 0. The molecule has 0 radical (unpaired) electrons. The normalized spacial score (nSPS) is 10.3. The van der Waals surface area contributed by atoms with Gasteiger partial charge in [0, 0.05) is 5.56 Å². The van der Waals surface area contributed by atoms with Gasteiger partial charge in [-0.15, -0.1) is 0 Å². The Morgan fingerprint density at radius 2 is 1.90 bits per heavy atom. The molecule has 1 aromatic heterocycles. The molecule has 0 bridgehead atoms. The molecule has 0 amide bonds. The van der Waals surface area contributed by atoms with E-state index in [9.17, 15) is 0 Å². The molecule has 0 aliphatic carbocycles. The molecule has 0 atom stereocenters. The summed E-state index contributed by atoms with van der Waals surface area (Å²) in [7, 11) is 0. The lowest BCUT2D eigenvalue weighted by Gasteiger charge is -2.08. The minimum absolute atomic E-state index is 0.399. The summed E-state index contributed by atoms with van der Waals surface area (Å²) in [5, 5.41) is 8.95. The smallest absolute Gasteiger partial charge is 0.158 e. The number of hydrogen-bond donors (Lipinski definition) is 2. The number of hydrazine groups is 1. The lowest BCUT2D eigenvalue weighted by atomic mass is 10.0. The highest BCUT2D eigenvalue weighted by molar-refractivity contribution is 5.64. The van der Waals surface area contributed by atoms with Crippen molar-refractivity contribution in [1.29, 1.82) is 5.26 Å². The lowest BCUT2D eigenvalue weighted by molar-refractivity contribution is 0.647. The zero-order chi connectivity index (χ0) is 14.5. The van der Waals surface area contributed by atoms with Crippen LogP contribution in [0.2, 0.25) is 0 Å². The van der Waals surface area contributed by atoms with Gasteiger partial charge in [0.15, 0.2) is 5.82 Å². The van der Waals surface area contributed by atoms with Crippen LogP contribution in [0.25, 0.3) is 11.3 Å². The van der Waals surface area contributed by atoms with Crippen molar-refractivity contribution in [3.8, 4) is 17.3 Å². The van der Waals surface area contributed by atoms with Crippen molar-refractivity contribution in [2.45, 2.75) is 20.3 Å². The number of aromatic nitrogens is 1. The molecule has 0 spiro atoms. The van der Waals surface area contributed by atoms with E-state index in [1.165, 1.54) is 5.56 Å². The number of nitrogens with zero attached hydrogens (tertiary/aromatic N) is 2. The Labute approximate surface area is 119 Å². The third-order valence-corrected chi connectivity index (χ3v) is 3.05. The van der Waals surface area contributed by atoms with E-state index in [4.69, 9.17) is 11.1 Å². The molecule has 102 valence electrons. The maximum Gasteiger partial charge on any atom is 0.158 e. The summed E-state index contributed by atoms with van der Waals surface area (Å²) in [5.41, 5.74) is 6.02. The fourth-order valence-electron chi connectivity index (χ4n) is 2.10. The van der Waals surface area contributed by atoms with Crippen molar-refractivity contribution in [3.05, 3.63) is 47.5 Å². The second kappa shape index (κ2) is 6.18. The molecule has 0 saturated carbocycles. The van der Waals surface area contributed by atoms with E-state index >= 15 is 0 Å². The lowest BCUT2D eigenvalue weighted by Crippen LogP contribution is -2.10. The number of nitrogen functional groups attached to an aromatic ring is 1. The predicted octanol–water partition coefficient (Wildman–Crippen LogP) is 3.10. The van der Waals surface area contributed by atoms with Crippen LogP contribution in [0.1, 0.15) is 25.0 Å². The third-order valence-electron chi connectivity index (χ3n) is 3.05. The molecule has 4 nitrogen and oxygen atoms in total. The van der Waals surface area contributed by atoms with E-state index in [0.29, 0.717) is 17.3 Å². The number of benzene rings is 1. The highest BCUT2D eigenvalue weighted by Gasteiger charge is 2.06. The molecular formula is C16H18N4. The van der Waals surface area contributed by atoms with Gasteiger partial charge in [-0.05, 0) is 30.0 Å². The number of nitrogens with two attached hydrogens (primary N) is 1. The topological polar surface area (TPSA) is 74.7 Å². The van der Waals surface area contributed by atoms with Crippen LogP contribution in [-0.2, 0) is 6.42 Å². The number of anilines is 1. The van der Waals surface area contributed by atoms with Gasteiger partial charge in [-0.2, -0.15) is 5.26 Å². The summed E-state index contributed by atoms with van der Waals surface area (Å²) < 4.78 is 0. The van der Waals surface area contributed by atoms with Crippen LogP contribution in [0, 0.1) is 17.2 Å². The Balaban J connectivity index is 2.30. The van der Waals surface area contributed by atoms with Gasteiger partial charge in [-0.3, -0.25) is 0 Å². The van der Waals surface area contributed by atoms with Crippen LogP contribution < -0.4 is 11.3 Å². The number of nitrogens with one attached hydrogen (secondary N) is 1. The summed E-state index contributed by atoms with van der Waals surface area (Å²) in [5.74, 6) is 6.43. The van der Waals surface area contributed by atoms with Crippen LogP contribution in [0.15, 0.2) is 36.4 Å². The third kappa shape index (κ3) is 3.14. The fourth-order valence-corrected chi connectivity index (χ4v) is 2.10. The van der Waals surface area contributed by atoms with Gasteiger partial charge >= 0.3 is 0 Å². The predicted molar refractivity (Wildman–Crippen MR) is 80.7 cm³/mol. The molecule has 0 saturated heterocycles. The zero-order valence-corrected chi connectivity index (χ0v) is 11.7. The van der Waals surface area contributed by atoms with E-state index in [0.717, 1.165) is 17.7 Å². The molecule has 0 aliphatic heterocycles. The Bertz CT molecular complexity index is 624. The quantitative estimate of drug-likeness (QED) is 0.658. The second-order valence-corrected chi connectivity index (χ2v) is 5.14. The molecule has 20 heavy (non-hydrogen) atoms. The van der Waals surface area contributed by atoms with E-state index in [-0.39, 0.29) is 0 Å². The number of rotatable bonds is 4. The highest BCUT2D eigenvalue weighted by Crippen LogP contribution is 2.22. The van der Waals surface area contributed by atoms with E-state index < -0.39 is 0 Å². The summed E-state index contributed by atoms with van der Waals surface area (Å²) in [6, 6.07) is 13.9. The van der Waals surface area contributed by atoms with Gasteiger partial charge in [0.25, 0.3) is 0 Å². The van der Waals surface area contributed by atoms with Crippen LogP contribution in [0.4, 0.5) is 5.82 Å². The van der Waals surface area contributed by atoms with Gasteiger partial charge < -0.3 is 5.43 Å². The molecule has 3 N–H and O–H groups in total. The molecule has 2 aromatic rings. The first kappa shape index (κ1) is 14.0. The molecule has 1 aromatic carbocycles. The molecule has 2 rings (SSSR count). The Morgan fingerprint density at radius 1 is 1.20 bits per heavy atom. The van der Waals surface area contributed by atoms with E-state index in [2.05, 4.69) is 42.5 Å². The maximum atomic E-state index is 8.95. The van der Waals surface area contributed by atoms with Crippen LogP contribution in [0.3, 0.4) is 0 Å². The number of hydrogen-bond acceptors (Lipinski definition) is 4. The van der Waals surface area contributed by atoms with Crippen molar-refractivity contribution in [1.82, 2.24) is 4.98 Å². The van der Waals surface area contributed by atoms with Gasteiger partial charge in [0.1, 0.15) is 6.07 Å². The van der Waals surface area contributed by atoms with Gasteiger partial charge in [0.05, 0.1) is 11.3 Å². The number of pyridine rings is 1. The molecule has 0 fully saturated rings. The minimum Gasteiger partial charge on any atom is -0.307 e. The zero-order valence-electron chi connectivity index (χ0n) is 11.7. The Kier molecular flexibility index (Phi) is 4.34. The second-order valence-electron chi connectivity index (χ2n) is 5.14. The van der Waals surface area contributed by atoms with Crippen molar-refractivity contribution in [2.24, 2.45) is 11.8 Å². The average Bonchev–Trinajstić information content (AvgIpc) is 2.46. The van der Waals surface area contributed by atoms with Crippen LogP contribution in [-0.4, -0.2) is 4.98 Å². The molecule has 4 heteroatoms. The highest BCUT2D eigenvalue weighted by atomic mass is 15.2. The van der Waals surface area contributed by atoms with Crippen LogP contribution >= 0.6 is 0 Å². The van der Waals surface area contributed by atoms with Gasteiger partial charge in [-0.1, -0.05) is 38.1 Å². The van der Waals surface area contributed by atoms with Crippen LogP contribution in [0.5, 0.6) is 0 Å². The largest absolute Gasteiger partial charge is 0.307 e. The van der Waals surface area contributed by atoms with E-state index in [1.54, 1.807) is 6.07 Å². The fraction of sp³-hybridized carbons (Fsp3) is 0.250.